The van der Waals surface area contributed by atoms with Crippen molar-refractivity contribution in [2.24, 2.45) is 5.73 Å². The number of imidazole rings is 1. The molecule has 1 rings (SSSR count). The van der Waals surface area contributed by atoms with Gasteiger partial charge in [-0.3, -0.25) is 38.9 Å². The van der Waals surface area contributed by atoms with Crippen LogP contribution in [0.4, 0.5) is 0 Å². The van der Waals surface area contributed by atoms with Crippen molar-refractivity contribution in [1.82, 2.24) is 47.2 Å². The fraction of sp³-hybridized carbons (Fsp3) is 0.762. The summed E-state index contributed by atoms with van der Waals surface area (Å²) in [5, 5.41) is 48.8. The van der Waals surface area contributed by atoms with Gasteiger partial charge < -0.3 is 57.9 Å². The summed E-state index contributed by atoms with van der Waals surface area (Å²) in [5.41, 5.74) is 5.70. The van der Waals surface area contributed by atoms with Gasteiger partial charge in [0.15, 0.2) is 0 Å². The lowest BCUT2D eigenvalue weighted by Crippen LogP contribution is -2.61. The van der Waals surface area contributed by atoms with Gasteiger partial charge in [0.2, 0.25) is 41.4 Å². The Bertz CT molecular complexity index is 1450. The highest BCUT2D eigenvalue weighted by atomic mass is 16.3. The maximum atomic E-state index is 13.6. The highest BCUT2D eigenvalue weighted by Crippen LogP contribution is 2.13. The van der Waals surface area contributed by atoms with Gasteiger partial charge in [0.1, 0.15) is 24.4 Å². The lowest BCUT2D eigenvalue weighted by atomic mass is 10.0. The molecule has 20 heteroatoms. The van der Waals surface area contributed by atoms with Crippen LogP contribution >= 0.6 is 0 Å². The van der Waals surface area contributed by atoms with E-state index in [1.807, 2.05) is 6.92 Å². The van der Waals surface area contributed by atoms with Crippen molar-refractivity contribution >= 4 is 41.4 Å². The Kier molecular flexibility index (Phi) is 30.3. The van der Waals surface area contributed by atoms with Crippen LogP contribution in [0, 0.1) is 0 Å². The molecular weight excluding hydrogens is 805 g/mol. The standard InChI is InChI=1S/C42H76N10O10/c1-4-6-8-9-10-11-12-13-14-15-16-17-18-20-36(56)46-25-37(57)48-33(26-53)41(61)50-31(21-22-35(43)55)39(59)51-32(23-29-24-45-28-47-29)40(60)52-34(27-54)42(62)49-30(19-7-5-2)38(58)44-3/h24,28,30-34,39,51,53-54,59H,4-23,25-27H2,1-3H3,(H2,43,55)(H,44,58)(H,45,47)(H,46,56)(H,48,57)(H,49,62)(H,50,61)(H,52,60)/t30-,31-,32?,33?,34?,39?/m0/s1. The molecule has 0 bridgehead atoms. The predicted molar refractivity (Wildman–Crippen MR) is 232 cm³/mol. The van der Waals surface area contributed by atoms with Crippen LogP contribution in [0.5, 0.6) is 0 Å². The minimum absolute atomic E-state index is 0.166. The summed E-state index contributed by atoms with van der Waals surface area (Å²) >= 11 is 0. The van der Waals surface area contributed by atoms with E-state index in [1.54, 1.807) is 0 Å². The van der Waals surface area contributed by atoms with Crippen molar-refractivity contribution in [1.29, 1.82) is 0 Å². The molecule has 62 heavy (non-hydrogen) atoms. The maximum Gasteiger partial charge on any atom is 0.245 e. The average Bonchev–Trinajstić information content (AvgIpc) is 3.77. The van der Waals surface area contributed by atoms with E-state index in [9.17, 15) is 48.9 Å². The third kappa shape index (κ3) is 24.7. The largest absolute Gasteiger partial charge is 0.394 e. The lowest BCUT2D eigenvalue weighted by molar-refractivity contribution is -0.134. The van der Waals surface area contributed by atoms with Gasteiger partial charge in [-0.25, -0.2) is 4.98 Å². The molecule has 0 aromatic carbocycles. The monoisotopic (exact) mass is 881 g/mol. The molecule has 0 aliphatic rings. The number of carbonyl (C=O) groups excluding carboxylic acids is 7. The number of H-pyrrole nitrogens is 1. The Hall–Kier alpha value is -4.66. The van der Waals surface area contributed by atoms with E-state index in [0.717, 1.165) is 25.7 Å². The number of hydrogen-bond donors (Lipinski definition) is 12. The molecule has 0 spiro atoms. The van der Waals surface area contributed by atoms with Gasteiger partial charge in [0, 0.05) is 32.5 Å². The zero-order valence-corrected chi connectivity index (χ0v) is 37.1. The summed E-state index contributed by atoms with van der Waals surface area (Å²) in [7, 11) is 1.41. The highest BCUT2D eigenvalue weighted by Gasteiger charge is 2.33. The molecule has 6 atom stereocenters. The van der Waals surface area contributed by atoms with E-state index in [4.69, 9.17) is 5.73 Å². The number of rotatable bonds is 37. The Labute approximate surface area is 366 Å². The number of unbranched alkanes of at least 4 members (excludes halogenated alkanes) is 13. The quantitative estimate of drug-likeness (QED) is 0.0309. The fourth-order valence-electron chi connectivity index (χ4n) is 6.65. The summed E-state index contributed by atoms with van der Waals surface area (Å²) in [6.45, 7) is 2.00. The van der Waals surface area contributed by atoms with E-state index in [-0.39, 0.29) is 31.6 Å². The van der Waals surface area contributed by atoms with E-state index in [1.165, 1.54) is 77.4 Å². The van der Waals surface area contributed by atoms with Crippen LogP contribution in [-0.2, 0) is 40.0 Å². The molecule has 0 aliphatic heterocycles. The summed E-state index contributed by atoms with van der Waals surface area (Å²) in [6.07, 6.45) is 17.5. The third-order valence-electron chi connectivity index (χ3n) is 10.4. The van der Waals surface area contributed by atoms with Crippen LogP contribution < -0.4 is 43.0 Å². The average molecular weight is 881 g/mol. The molecule has 0 fully saturated rings. The minimum atomic E-state index is -1.76. The smallest absolute Gasteiger partial charge is 0.245 e. The van der Waals surface area contributed by atoms with E-state index in [0.29, 0.717) is 25.0 Å². The van der Waals surface area contributed by atoms with Crippen LogP contribution in [-0.4, -0.2) is 130 Å². The second kappa shape index (κ2) is 33.9. The summed E-state index contributed by atoms with van der Waals surface area (Å²) in [6, 6.07) is -6.61. The zero-order chi connectivity index (χ0) is 46.1. The Morgan fingerprint density at radius 3 is 1.71 bits per heavy atom. The number of nitrogens with one attached hydrogen (secondary N) is 8. The number of carbonyl (C=O) groups is 7. The second-order valence-electron chi connectivity index (χ2n) is 15.7. The number of aromatic amines is 1. The van der Waals surface area contributed by atoms with Gasteiger partial charge >= 0.3 is 0 Å². The summed E-state index contributed by atoms with van der Waals surface area (Å²) < 4.78 is 0. The molecule has 0 aliphatic carbocycles. The van der Waals surface area contributed by atoms with Crippen molar-refractivity contribution in [3.8, 4) is 0 Å². The number of aliphatic hydroxyl groups excluding tert-OH is 3. The zero-order valence-electron chi connectivity index (χ0n) is 37.1. The van der Waals surface area contributed by atoms with E-state index in [2.05, 4.69) is 54.1 Å². The number of primary amides is 1. The molecule has 13 N–H and O–H groups in total. The number of aromatic nitrogens is 2. The van der Waals surface area contributed by atoms with Gasteiger partial charge in [-0.1, -0.05) is 104 Å². The maximum absolute atomic E-state index is 13.6. The topological polar surface area (TPSA) is 319 Å². The predicted octanol–water partition coefficient (Wildman–Crippen LogP) is -0.0482. The number of likely N-dealkylation sites (N-methyl/N-ethyl adjacent to an activating group) is 1. The Morgan fingerprint density at radius 2 is 1.18 bits per heavy atom. The van der Waals surface area contributed by atoms with Crippen LogP contribution in [0.1, 0.15) is 142 Å². The first-order chi connectivity index (χ1) is 29.8. The van der Waals surface area contributed by atoms with Crippen molar-refractivity contribution in [2.75, 3.05) is 26.8 Å². The SMILES string of the molecule is CCCCCCCCCCCCCCCC(=O)NCC(=O)NC(CO)C(=O)N[C@@H](CCC(N)=O)C(O)NC(Cc1c[nH]cn1)C(=O)NC(CO)C(=O)N[C@@H](CCCC)C(=O)NC. The van der Waals surface area contributed by atoms with Crippen LogP contribution in [0.25, 0.3) is 0 Å². The second-order valence-corrected chi connectivity index (χ2v) is 15.7. The fourth-order valence-corrected chi connectivity index (χ4v) is 6.65. The van der Waals surface area contributed by atoms with Crippen LogP contribution in [0.2, 0.25) is 0 Å². The first-order valence-corrected chi connectivity index (χ1v) is 22.4. The van der Waals surface area contributed by atoms with Crippen molar-refractivity contribution in [2.45, 2.75) is 179 Å². The molecule has 0 saturated heterocycles. The number of nitrogens with zero attached hydrogens (tertiary/aromatic N) is 1. The van der Waals surface area contributed by atoms with Crippen molar-refractivity contribution in [3.63, 3.8) is 0 Å². The van der Waals surface area contributed by atoms with Gasteiger partial charge in [0.25, 0.3) is 0 Å². The van der Waals surface area contributed by atoms with Crippen molar-refractivity contribution in [3.05, 3.63) is 18.2 Å². The molecule has 1 heterocycles. The van der Waals surface area contributed by atoms with E-state index < -0.39 is 91.6 Å². The first kappa shape index (κ1) is 55.4. The number of aliphatic hydroxyl groups is 3. The Morgan fingerprint density at radius 1 is 0.645 bits per heavy atom. The van der Waals surface area contributed by atoms with E-state index >= 15 is 0 Å². The molecule has 354 valence electrons. The minimum Gasteiger partial charge on any atom is -0.394 e. The molecule has 4 unspecified atom stereocenters. The molecule has 7 amide bonds. The van der Waals surface area contributed by atoms with Crippen LogP contribution in [0.3, 0.4) is 0 Å². The van der Waals surface area contributed by atoms with Gasteiger partial charge in [-0.15, -0.1) is 0 Å². The lowest BCUT2D eigenvalue weighted by Gasteiger charge is -2.30. The highest BCUT2D eigenvalue weighted by molar-refractivity contribution is 5.93. The molecular formula is C42H76N10O10. The molecule has 0 radical (unpaired) electrons. The summed E-state index contributed by atoms with van der Waals surface area (Å²) in [5.74, 6) is -4.96. The third-order valence-corrected chi connectivity index (χ3v) is 10.4. The number of nitrogens with two attached hydrogens (primary N) is 1. The van der Waals surface area contributed by atoms with Gasteiger partial charge in [-0.2, -0.15) is 0 Å². The molecule has 20 nitrogen and oxygen atoms in total. The first-order valence-electron chi connectivity index (χ1n) is 22.4. The molecule has 1 aromatic heterocycles. The van der Waals surface area contributed by atoms with Crippen molar-refractivity contribution < 1.29 is 48.9 Å². The number of hydrogen-bond acceptors (Lipinski definition) is 12. The Balaban J connectivity index is 2.80. The normalized spacial score (nSPS) is 14.0. The van der Waals surface area contributed by atoms with Crippen LogP contribution in [0.15, 0.2) is 12.5 Å². The molecule has 1 aromatic rings. The molecule has 0 saturated carbocycles. The number of amides is 7. The van der Waals surface area contributed by atoms with Gasteiger partial charge in [0.05, 0.1) is 43.9 Å². The van der Waals surface area contributed by atoms with Gasteiger partial charge in [-0.05, 0) is 19.3 Å². The summed E-state index contributed by atoms with van der Waals surface area (Å²) in [4.78, 5) is 96.0.